The number of fused-ring (bicyclic) bond motifs is 1. The molecule has 5 nitrogen and oxygen atoms in total. The van der Waals surface area contributed by atoms with E-state index in [9.17, 15) is 13.2 Å². The molecule has 1 saturated heterocycles. The zero-order chi connectivity index (χ0) is 20.7. The van der Waals surface area contributed by atoms with Gasteiger partial charge in [-0.2, -0.15) is 13.2 Å². The first kappa shape index (κ1) is 19.5. The van der Waals surface area contributed by atoms with E-state index < -0.39 is 12.7 Å². The average Bonchev–Trinajstić information content (AvgIpc) is 3.33. The molecule has 3 aromatic rings. The molecule has 5 rings (SSSR count). The maximum absolute atomic E-state index is 12.8. The van der Waals surface area contributed by atoms with Gasteiger partial charge < -0.3 is 13.8 Å². The van der Waals surface area contributed by atoms with Crippen molar-refractivity contribution in [2.45, 2.75) is 57.0 Å². The van der Waals surface area contributed by atoms with Gasteiger partial charge in [-0.05, 0) is 43.9 Å². The Morgan fingerprint density at radius 3 is 2.63 bits per heavy atom. The molecule has 2 fully saturated rings. The van der Waals surface area contributed by atoms with Gasteiger partial charge in [-0.25, -0.2) is 0 Å². The van der Waals surface area contributed by atoms with Gasteiger partial charge in [0, 0.05) is 43.2 Å². The minimum Gasteiger partial charge on any atom is -0.490 e. The number of aromatic nitrogens is 2. The van der Waals surface area contributed by atoms with Crippen LogP contribution in [0.4, 0.5) is 13.2 Å². The molecular formula is C22H24F3N3O2. The minimum atomic E-state index is -4.25. The molecule has 2 aliphatic rings. The summed E-state index contributed by atoms with van der Waals surface area (Å²) in [7, 11) is 0. The van der Waals surface area contributed by atoms with E-state index in [1.54, 1.807) is 18.2 Å². The summed E-state index contributed by atoms with van der Waals surface area (Å²) < 4.78 is 51.2. The molecule has 30 heavy (non-hydrogen) atoms. The lowest BCUT2D eigenvalue weighted by Gasteiger charge is -2.31. The molecule has 0 radical (unpaired) electrons. The first-order valence-corrected chi connectivity index (χ1v) is 10.4. The highest BCUT2D eigenvalue weighted by Gasteiger charge is 2.30. The predicted molar refractivity (Wildman–Crippen MR) is 105 cm³/mol. The summed E-state index contributed by atoms with van der Waals surface area (Å²) >= 11 is 0. The van der Waals surface area contributed by atoms with Crippen LogP contribution in [0.5, 0.6) is 5.75 Å². The van der Waals surface area contributed by atoms with Gasteiger partial charge in [-0.1, -0.05) is 11.2 Å². The standard InChI is InChI=1S/C22H24F3N3O2/c23-22(24,25)14-28-11-8-18-19(28)2-1-3-20(18)29-17-6-9-27(10-7-17)13-16-12-21(30-26-16)15-4-5-15/h1-3,8,11-12,15,17H,4-7,9-10,13-14H2. The summed E-state index contributed by atoms with van der Waals surface area (Å²) in [6.07, 6.45) is 1.41. The minimum absolute atomic E-state index is 0.0529. The van der Waals surface area contributed by atoms with E-state index in [4.69, 9.17) is 9.26 Å². The SMILES string of the molecule is FC(F)(F)Cn1ccc2c(OC3CCN(Cc4cc(C5CC5)on4)CC3)cccc21. The van der Waals surface area contributed by atoms with Crippen LogP contribution in [0.15, 0.2) is 41.1 Å². The summed E-state index contributed by atoms with van der Waals surface area (Å²) in [5, 5.41) is 4.91. The fourth-order valence-electron chi connectivity index (χ4n) is 4.19. The second-order valence-corrected chi connectivity index (χ2v) is 8.34. The van der Waals surface area contributed by atoms with Gasteiger partial charge >= 0.3 is 6.18 Å². The Bertz CT molecular complexity index is 1010. The van der Waals surface area contributed by atoms with E-state index in [0.717, 1.165) is 49.3 Å². The molecule has 160 valence electrons. The van der Waals surface area contributed by atoms with E-state index in [-0.39, 0.29) is 6.10 Å². The zero-order valence-electron chi connectivity index (χ0n) is 16.6. The van der Waals surface area contributed by atoms with Crippen molar-refractivity contribution in [3.63, 3.8) is 0 Å². The summed E-state index contributed by atoms with van der Waals surface area (Å²) in [5.41, 5.74) is 1.52. The molecular weight excluding hydrogens is 395 g/mol. The van der Waals surface area contributed by atoms with Gasteiger partial charge in [-0.3, -0.25) is 4.90 Å². The van der Waals surface area contributed by atoms with E-state index in [0.29, 0.717) is 17.2 Å². The third-order valence-corrected chi connectivity index (χ3v) is 5.89. The monoisotopic (exact) mass is 419 g/mol. The Labute approximate surface area is 172 Å². The maximum atomic E-state index is 12.8. The number of nitrogens with zero attached hydrogens (tertiary/aromatic N) is 3. The van der Waals surface area contributed by atoms with E-state index >= 15 is 0 Å². The lowest BCUT2D eigenvalue weighted by Crippen LogP contribution is -2.37. The summed E-state index contributed by atoms with van der Waals surface area (Å²) in [5.74, 6) is 2.23. The van der Waals surface area contributed by atoms with Crippen LogP contribution < -0.4 is 4.74 Å². The highest BCUT2D eigenvalue weighted by atomic mass is 19.4. The third-order valence-electron chi connectivity index (χ3n) is 5.89. The Hall–Kier alpha value is -2.48. The molecule has 0 spiro atoms. The van der Waals surface area contributed by atoms with Crippen molar-refractivity contribution in [2.24, 2.45) is 0 Å². The van der Waals surface area contributed by atoms with Crippen LogP contribution in [0, 0.1) is 0 Å². The largest absolute Gasteiger partial charge is 0.490 e. The third kappa shape index (κ3) is 4.33. The predicted octanol–water partition coefficient (Wildman–Crippen LogP) is 5.11. The number of hydrogen-bond acceptors (Lipinski definition) is 4. The Balaban J connectivity index is 1.19. The van der Waals surface area contributed by atoms with Gasteiger partial charge in [0.2, 0.25) is 0 Å². The van der Waals surface area contributed by atoms with Crippen molar-refractivity contribution in [1.82, 2.24) is 14.6 Å². The molecule has 1 aliphatic heterocycles. The van der Waals surface area contributed by atoms with Crippen LogP contribution in [-0.4, -0.2) is 40.0 Å². The van der Waals surface area contributed by atoms with Crippen LogP contribution >= 0.6 is 0 Å². The summed E-state index contributed by atoms with van der Waals surface area (Å²) in [6, 6.07) is 9.06. The van der Waals surface area contributed by atoms with Gasteiger partial charge in [0.25, 0.3) is 0 Å². The molecule has 2 aromatic heterocycles. The Morgan fingerprint density at radius 2 is 1.90 bits per heavy atom. The number of likely N-dealkylation sites (tertiary alicyclic amines) is 1. The van der Waals surface area contributed by atoms with Crippen LogP contribution in [0.25, 0.3) is 10.9 Å². The van der Waals surface area contributed by atoms with Crippen molar-refractivity contribution in [3.8, 4) is 5.75 Å². The number of piperidine rings is 1. The average molecular weight is 419 g/mol. The maximum Gasteiger partial charge on any atom is 0.406 e. The fraction of sp³-hybridized carbons (Fsp3) is 0.500. The number of benzene rings is 1. The van der Waals surface area contributed by atoms with Crippen LogP contribution in [0.3, 0.4) is 0 Å². The molecule has 1 saturated carbocycles. The molecule has 3 heterocycles. The van der Waals surface area contributed by atoms with E-state index in [2.05, 4.69) is 16.1 Å². The zero-order valence-corrected chi connectivity index (χ0v) is 16.6. The highest BCUT2D eigenvalue weighted by Crippen LogP contribution is 2.40. The molecule has 0 N–H and O–H groups in total. The van der Waals surface area contributed by atoms with Crippen LogP contribution in [-0.2, 0) is 13.1 Å². The van der Waals surface area contributed by atoms with Crippen molar-refractivity contribution in [3.05, 3.63) is 48.0 Å². The van der Waals surface area contributed by atoms with E-state index in [1.807, 2.05) is 6.07 Å². The molecule has 0 amide bonds. The quantitative estimate of drug-likeness (QED) is 0.557. The summed E-state index contributed by atoms with van der Waals surface area (Å²) in [6.45, 7) is 1.56. The molecule has 1 aliphatic carbocycles. The van der Waals surface area contributed by atoms with Gasteiger partial charge in [0.05, 0.1) is 11.2 Å². The van der Waals surface area contributed by atoms with Crippen molar-refractivity contribution < 1.29 is 22.4 Å². The number of hydrogen-bond donors (Lipinski definition) is 0. The topological polar surface area (TPSA) is 43.4 Å². The molecule has 0 unspecified atom stereocenters. The fourth-order valence-corrected chi connectivity index (χ4v) is 4.19. The number of ether oxygens (including phenoxy) is 1. The lowest BCUT2D eigenvalue weighted by molar-refractivity contribution is -0.139. The second-order valence-electron chi connectivity index (χ2n) is 8.34. The van der Waals surface area contributed by atoms with Crippen molar-refractivity contribution >= 4 is 10.9 Å². The van der Waals surface area contributed by atoms with Crippen molar-refractivity contribution in [1.29, 1.82) is 0 Å². The normalized spacial score (nSPS) is 18.9. The van der Waals surface area contributed by atoms with Gasteiger partial charge in [-0.15, -0.1) is 0 Å². The lowest BCUT2D eigenvalue weighted by atomic mass is 10.1. The number of halogens is 3. The second kappa shape index (κ2) is 7.65. The number of alkyl halides is 3. The van der Waals surface area contributed by atoms with Gasteiger partial charge in [0.1, 0.15) is 24.2 Å². The molecule has 0 atom stereocenters. The van der Waals surface area contributed by atoms with Gasteiger partial charge in [0.15, 0.2) is 0 Å². The van der Waals surface area contributed by atoms with E-state index in [1.165, 1.54) is 23.6 Å². The molecule has 1 aromatic carbocycles. The first-order chi connectivity index (χ1) is 14.4. The van der Waals surface area contributed by atoms with Crippen LogP contribution in [0.2, 0.25) is 0 Å². The molecule has 8 heteroatoms. The molecule has 0 bridgehead atoms. The van der Waals surface area contributed by atoms with Crippen molar-refractivity contribution in [2.75, 3.05) is 13.1 Å². The Morgan fingerprint density at radius 1 is 1.10 bits per heavy atom. The van der Waals surface area contributed by atoms with Crippen LogP contribution in [0.1, 0.15) is 43.1 Å². The first-order valence-electron chi connectivity index (χ1n) is 10.4. The Kier molecular flexibility index (Phi) is 4.97. The number of rotatable bonds is 6. The highest BCUT2D eigenvalue weighted by molar-refractivity contribution is 5.86. The summed E-state index contributed by atoms with van der Waals surface area (Å²) in [4.78, 5) is 2.34. The smallest absolute Gasteiger partial charge is 0.406 e.